The minimum absolute atomic E-state index is 1.44. The fourth-order valence-electron chi connectivity index (χ4n) is 0.358. The van der Waals surface area contributed by atoms with Gasteiger partial charge in [-0.1, -0.05) is 0 Å². The van der Waals surface area contributed by atoms with E-state index in [1.165, 1.54) is 6.20 Å². The lowest BCUT2D eigenvalue weighted by Gasteiger charge is -1.80. The van der Waals surface area contributed by atoms with E-state index in [0.717, 1.165) is 0 Å². The van der Waals surface area contributed by atoms with E-state index in [0.29, 0.717) is 0 Å². The smallest absolute Gasteiger partial charge is 0.0986 e. The molecule has 0 unspecified atom stereocenters. The zero-order chi connectivity index (χ0) is 5.11. The maximum absolute atomic E-state index is 5.09. The van der Waals surface area contributed by atoms with Crippen LogP contribution in [0.5, 0.6) is 0 Å². The highest BCUT2D eigenvalue weighted by molar-refractivity contribution is 5.11. The minimum Gasteiger partial charge on any atom is -0.313 e. The van der Waals surface area contributed by atoms with Crippen LogP contribution in [0.1, 0.15) is 0 Å². The van der Waals surface area contributed by atoms with Crippen LogP contribution in [0, 0.1) is 6.58 Å². The van der Waals surface area contributed by atoms with Crippen LogP contribution in [0.3, 0.4) is 0 Å². The van der Waals surface area contributed by atoms with E-state index in [1.807, 2.05) is 0 Å². The molecular weight excluding hydrogens is 88.1 g/mol. The molecule has 0 saturated heterocycles. The van der Waals surface area contributed by atoms with Crippen molar-refractivity contribution in [3.05, 3.63) is 25.3 Å². The summed E-state index contributed by atoms with van der Waals surface area (Å²) in [6.07, 6.45) is 6.50. The number of hydrogen-bond acceptors (Lipinski definition) is 1. The molecule has 2 heteroatoms. The summed E-state index contributed by atoms with van der Waals surface area (Å²) in [5.74, 6) is 0. The molecule has 0 aliphatic rings. The van der Waals surface area contributed by atoms with E-state index in [-0.39, 0.29) is 0 Å². The van der Waals surface area contributed by atoms with E-state index >= 15 is 0 Å². The quantitative estimate of drug-likeness (QED) is 0.501. The average Bonchev–Trinajstić information content (AvgIpc) is 2.14. The van der Waals surface area contributed by atoms with Gasteiger partial charge in [-0.3, -0.25) is 0 Å². The molecule has 2 nitrogen and oxygen atoms in total. The van der Waals surface area contributed by atoms with Gasteiger partial charge >= 0.3 is 0 Å². The van der Waals surface area contributed by atoms with Crippen molar-refractivity contribution in [2.24, 2.45) is 0 Å². The monoisotopic (exact) mass is 93.0 g/mol. The van der Waals surface area contributed by atoms with Gasteiger partial charge in [-0.15, -0.1) is 0 Å². The fourth-order valence-corrected chi connectivity index (χ4v) is 0.358. The predicted octanol–water partition coefficient (Wildman–Crippen LogP) is 0.787. The van der Waals surface area contributed by atoms with Crippen molar-refractivity contribution in [1.29, 1.82) is 0 Å². The SMILES string of the molecule is [CH]=Cn1ccnc1. The lowest BCUT2D eigenvalue weighted by Crippen LogP contribution is -1.73. The molecule has 0 bridgehead atoms. The maximum atomic E-state index is 5.09. The van der Waals surface area contributed by atoms with Gasteiger partial charge in [0.2, 0.25) is 0 Å². The van der Waals surface area contributed by atoms with Crippen molar-refractivity contribution >= 4 is 6.20 Å². The Morgan fingerprint density at radius 1 is 1.71 bits per heavy atom. The molecule has 7 heavy (non-hydrogen) atoms. The summed E-state index contributed by atoms with van der Waals surface area (Å²) in [4.78, 5) is 3.74. The highest BCUT2D eigenvalue weighted by Gasteiger charge is 1.73. The van der Waals surface area contributed by atoms with Crippen LogP contribution in [0.4, 0.5) is 0 Å². The molecule has 1 heterocycles. The largest absolute Gasteiger partial charge is 0.313 e. The summed E-state index contributed by atoms with van der Waals surface area (Å²) in [7, 11) is 0. The van der Waals surface area contributed by atoms with Crippen LogP contribution >= 0.6 is 0 Å². The van der Waals surface area contributed by atoms with Gasteiger partial charge in [-0.05, 0) is 6.58 Å². The molecule has 0 saturated carbocycles. The van der Waals surface area contributed by atoms with E-state index in [4.69, 9.17) is 6.58 Å². The molecule has 0 aromatic carbocycles. The van der Waals surface area contributed by atoms with Gasteiger partial charge in [-0.2, -0.15) is 0 Å². The first-order valence-electron chi connectivity index (χ1n) is 1.96. The number of imidazole rings is 1. The predicted molar refractivity (Wildman–Crippen MR) is 27.3 cm³/mol. The number of rotatable bonds is 1. The summed E-state index contributed by atoms with van der Waals surface area (Å²) in [6.45, 7) is 5.09. The molecule has 0 fully saturated rings. The summed E-state index contributed by atoms with van der Waals surface area (Å²) in [5, 5.41) is 0. The Hall–Kier alpha value is -1.05. The molecule has 1 aromatic rings. The highest BCUT2D eigenvalue weighted by Crippen LogP contribution is 1.81. The van der Waals surface area contributed by atoms with Crippen molar-refractivity contribution in [2.45, 2.75) is 0 Å². The second-order valence-corrected chi connectivity index (χ2v) is 1.16. The standard InChI is InChI=1S/C5H5N2/c1-2-7-4-3-6-5-7/h1-5H. The van der Waals surface area contributed by atoms with Gasteiger partial charge in [0.15, 0.2) is 0 Å². The molecule has 1 rings (SSSR count). The number of hydrogen-bond donors (Lipinski definition) is 0. The van der Waals surface area contributed by atoms with Gasteiger partial charge in [-0.25, -0.2) is 4.98 Å². The third kappa shape index (κ3) is 0.682. The molecule has 0 aliphatic carbocycles. The zero-order valence-electron chi connectivity index (χ0n) is 3.78. The van der Waals surface area contributed by atoms with Crippen LogP contribution in [0.2, 0.25) is 0 Å². The van der Waals surface area contributed by atoms with Gasteiger partial charge in [0.25, 0.3) is 0 Å². The number of nitrogens with zero attached hydrogens (tertiary/aromatic N) is 2. The average molecular weight is 93.1 g/mol. The van der Waals surface area contributed by atoms with E-state index in [2.05, 4.69) is 4.98 Å². The fraction of sp³-hybridized carbons (Fsp3) is 0. The van der Waals surface area contributed by atoms with E-state index < -0.39 is 0 Å². The van der Waals surface area contributed by atoms with Crippen molar-refractivity contribution in [2.75, 3.05) is 0 Å². The first-order chi connectivity index (χ1) is 3.43. The second-order valence-electron chi connectivity index (χ2n) is 1.16. The first-order valence-corrected chi connectivity index (χ1v) is 1.96. The van der Waals surface area contributed by atoms with Crippen LogP contribution in [-0.4, -0.2) is 9.55 Å². The van der Waals surface area contributed by atoms with Gasteiger partial charge in [0, 0.05) is 18.6 Å². The molecule has 0 amide bonds. The van der Waals surface area contributed by atoms with Gasteiger partial charge in [0.1, 0.15) is 0 Å². The molecule has 35 valence electrons. The Bertz CT molecular complexity index is 141. The van der Waals surface area contributed by atoms with Crippen molar-refractivity contribution < 1.29 is 0 Å². The van der Waals surface area contributed by atoms with Crippen LogP contribution in [0.15, 0.2) is 18.7 Å². The zero-order valence-corrected chi connectivity index (χ0v) is 3.78. The highest BCUT2D eigenvalue weighted by atomic mass is 15.0. The van der Waals surface area contributed by atoms with Crippen LogP contribution in [-0.2, 0) is 0 Å². The first kappa shape index (κ1) is 4.12. The summed E-state index contributed by atoms with van der Waals surface area (Å²) in [5.41, 5.74) is 0. The molecule has 1 radical (unpaired) electrons. The number of aromatic nitrogens is 2. The Kier molecular flexibility index (Phi) is 0.941. The van der Waals surface area contributed by atoms with E-state index in [9.17, 15) is 0 Å². The van der Waals surface area contributed by atoms with E-state index in [1.54, 1.807) is 23.3 Å². The Morgan fingerprint density at radius 3 is 2.86 bits per heavy atom. The Balaban J connectivity index is 2.96. The molecule has 0 atom stereocenters. The Morgan fingerprint density at radius 2 is 2.57 bits per heavy atom. The Labute approximate surface area is 42.1 Å². The molecule has 1 aromatic heterocycles. The summed E-state index contributed by atoms with van der Waals surface area (Å²) in [6, 6.07) is 0. The van der Waals surface area contributed by atoms with Gasteiger partial charge in [0.05, 0.1) is 6.33 Å². The second kappa shape index (κ2) is 1.60. The minimum atomic E-state index is 1.44. The molecular formula is C5H5N2. The molecule has 0 aliphatic heterocycles. The maximum Gasteiger partial charge on any atom is 0.0986 e. The van der Waals surface area contributed by atoms with Crippen LogP contribution in [0.25, 0.3) is 6.20 Å². The normalized spacial score (nSPS) is 8.57. The van der Waals surface area contributed by atoms with Crippen molar-refractivity contribution in [3.63, 3.8) is 0 Å². The lowest BCUT2D eigenvalue weighted by atomic mass is 10.9. The third-order valence-corrected chi connectivity index (χ3v) is 0.697. The van der Waals surface area contributed by atoms with Crippen molar-refractivity contribution in [3.8, 4) is 0 Å². The molecule has 0 N–H and O–H groups in total. The van der Waals surface area contributed by atoms with Crippen molar-refractivity contribution in [1.82, 2.24) is 9.55 Å². The van der Waals surface area contributed by atoms with Crippen LogP contribution < -0.4 is 0 Å². The topological polar surface area (TPSA) is 17.8 Å². The summed E-state index contributed by atoms with van der Waals surface area (Å²) >= 11 is 0. The van der Waals surface area contributed by atoms with Gasteiger partial charge < -0.3 is 4.57 Å². The lowest BCUT2D eigenvalue weighted by molar-refractivity contribution is 1.14. The summed E-state index contributed by atoms with van der Waals surface area (Å²) < 4.78 is 1.67. The third-order valence-electron chi connectivity index (χ3n) is 0.697. The molecule has 0 spiro atoms.